The Hall–Kier alpha value is -3.64. The summed E-state index contributed by atoms with van der Waals surface area (Å²) < 4.78 is 21.8. The molecule has 0 unspecified atom stereocenters. The van der Waals surface area contributed by atoms with E-state index in [1.54, 1.807) is 30.3 Å². The zero-order valence-electron chi connectivity index (χ0n) is 17.1. The first-order chi connectivity index (χ1) is 15.7. The van der Waals surface area contributed by atoms with Gasteiger partial charge in [-0.25, -0.2) is 4.79 Å². The van der Waals surface area contributed by atoms with Crippen molar-refractivity contribution in [3.8, 4) is 28.6 Å². The summed E-state index contributed by atoms with van der Waals surface area (Å²) in [5.74, 6) is -2.36. The van der Waals surface area contributed by atoms with Gasteiger partial charge in [0.1, 0.15) is 35.2 Å². The van der Waals surface area contributed by atoms with Crippen molar-refractivity contribution >= 4 is 16.9 Å². The summed E-state index contributed by atoms with van der Waals surface area (Å²) in [5, 5.41) is 49.5. The van der Waals surface area contributed by atoms with Crippen LogP contribution >= 0.6 is 0 Å². The van der Waals surface area contributed by atoms with Crippen LogP contribution in [0.1, 0.15) is 0 Å². The Balaban J connectivity index is 1.81. The highest BCUT2D eigenvalue weighted by Crippen LogP contribution is 2.42. The molecule has 174 valence electrons. The fourth-order valence-corrected chi connectivity index (χ4v) is 3.57. The summed E-state index contributed by atoms with van der Waals surface area (Å²) in [4.78, 5) is 24.0. The van der Waals surface area contributed by atoms with Gasteiger partial charge in [-0.1, -0.05) is 30.3 Å². The van der Waals surface area contributed by atoms with E-state index in [1.807, 2.05) is 0 Å². The van der Waals surface area contributed by atoms with E-state index in [0.717, 1.165) is 6.07 Å². The number of ether oxygens (including phenoxy) is 3. The van der Waals surface area contributed by atoms with E-state index in [0.29, 0.717) is 5.56 Å². The number of carboxylic acids is 1. The number of phenols is 1. The largest absolute Gasteiger partial charge is 0.507 e. The third-order valence-electron chi connectivity index (χ3n) is 5.22. The van der Waals surface area contributed by atoms with E-state index in [9.17, 15) is 35.1 Å². The molecular formula is C22H20O11. The first-order valence-corrected chi connectivity index (χ1v) is 9.75. The van der Waals surface area contributed by atoms with Gasteiger partial charge in [-0.3, -0.25) is 4.79 Å². The Kier molecular flexibility index (Phi) is 5.95. The third-order valence-corrected chi connectivity index (χ3v) is 5.22. The molecule has 2 aromatic carbocycles. The molecule has 0 aliphatic carbocycles. The average Bonchev–Trinajstić information content (AvgIpc) is 2.79. The van der Waals surface area contributed by atoms with Crippen LogP contribution in [0.2, 0.25) is 0 Å². The van der Waals surface area contributed by atoms with Gasteiger partial charge >= 0.3 is 5.97 Å². The molecule has 0 saturated carbocycles. The van der Waals surface area contributed by atoms with Crippen LogP contribution in [0.5, 0.6) is 17.2 Å². The van der Waals surface area contributed by atoms with Gasteiger partial charge in [0.05, 0.1) is 7.11 Å². The first-order valence-electron chi connectivity index (χ1n) is 9.75. The molecule has 0 amide bonds. The van der Waals surface area contributed by atoms with Crippen molar-refractivity contribution in [2.75, 3.05) is 7.11 Å². The van der Waals surface area contributed by atoms with Crippen LogP contribution in [-0.4, -0.2) is 69.3 Å². The number of aliphatic hydroxyl groups is 3. The summed E-state index contributed by atoms with van der Waals surface area (Å²) in [6.07, 6.45) is -9.31. The van der Waals surface area contributed by atoms with Gasteiger partial charge in [0.25, 0.3) is 0 Å². The first kappa shape index (κ1) is 22.6. The molecule has 1 saturated heterocycles. The number of methoxy groups -OCH3 is 1. The maximum atomic E-state index is 12.7. The van der Waals surface area contributed by atoms with E-state index in [-0.39, 0.29) is 28.2 Å². The summed E-state index contributed by atoms with van der Waals surface area (Å²) in [6.45, 7) is 0. The normalized spacial score (nSPS) is 25.0. The predicted octanol–water partition coefficient (Wildman–Crippen LogP) is 0.445. The zero-order valence-corrected chi connectivity index (χ0v) is 17.1. The number of carbonyl (C=O) groups is 1. The monoisotopic (exact) mass is 460 g/mol. The number of fused-ring (bicyclic) bond motifs is 1. The van der Waals surface area contributed by atoms with Crippen LogP contribution < -0.4 is 14.9 Å². The third kappa shape index (κ3) is 3.98. The van der Waals surface area contributed by atoms with Gasteiger partial charge in [-0.05, 0) is 0 Å². The number of carboxylic acid groups (broad SMARTS) is 1. The fourth-order valence-electron chi connectivity index (χ4n) is 3.57. The van der Waals surface area contributed by atoms with Crippen LogP contribution in [0.3, 0.4) is 0 Å². The molecule has 0 bridgehead atoms. The minimum atomic E-state index is -1.91. The fraction of sp³-hybridized carbons (Fsp3) is 0.273. The highest BCUT2D eigenvalue weighted by molar-refractivity contribution is 5.91. The van der Waals surface area contributed by atoms with E-state index in [2.05, 4.69) is 0 Å². The molecule has 11 nitrogen and oxygen atoms in total. The number of aliphatic hydroxyl groups excluding tert-OH is 3. The van der Waals surface area contributed by atoms with Gasteiger partial charge in [-0.2, -0.15) is 0 Å². The van der Waals surface area contributed by atoms with Crippen molar-refractivity contribution in [3.05, 3.63) is 52.7 Å². The Labute approximate surface area is 185 Å². The Morgan fingerprint density at radius 2 is 1.73 bits per heavy atom. The molecule has 5 atom stereocenters. The summed E-state index contributed by atoms with van der Waals surface area (Å²) in [5.41, 5.74) is -0.146. The number of benzene rings is 2. The number of hydrogen-bond donors (Lipinski definition) is 5. The van der Waals surface area contributed by atoms with Crippen LogP contribution in [0.15, 0.2) is 51.7 Å². The topological polar surface area (TPSA) is 176 Å². The van der Waals surface area contributed by atoms with Gasteiger partial charge in [0, 0.05) is 17.7 Å². The molecule has 3 aromatic rings. The van der Waals surface area contributed by atoms with Crippen LogP contribution in [0, 0.1) is 0 Å². The van der Waals surface area contributed by atoms with Crippen molar-refractivity contribution in [1.29, 1.82) is 0 Å². The Morgan fingerprint density at radius 1 is 1.03 bits per heavy atom. The minimum Gasteiger partial charge on any atom is -0.507 e. The Bertz CT molecular complexity index is 1240. The second-order valence-corrected chi connectivity index (χ2v) is 7.33. The second kappa shape index (κ2) is 8.71. The van der Waals surface area contributed by atoms with E-state index < -0.39 is 47.9 Å². The highest BCUT2D eigenvalue weighted by atomic mass is 16.7. The summed E-state index contributed by atoms with van der Waals surface area (Å²) in [7, 11) is 1.24. The molecule has 1 aromatic heterocycles. The lowest BCUT2D eigenvalue weighted by molar-refractivity contribution is -0.271. The molecule has 33 heavy (non-hydrogen) atoms. The summed E-state index contributed by atoms with van der Waals surface area (Å²) in [6, 6.07) is 10.9. The lowest BCUT2D eigenvalue weighted by Gasteiger charge is -2.38. The SMILES string of the molecule is COc1c(O[C@H]2O[C@H](C(=O)O)[C@@H](O)[C@H](O)[C@H]2O)cc(O)c2c(=O)cc(-c3ccccc3)oc12. The molecule has 1 fully saturated rings. The number of rotatable bonds is 5. The highest BCUT2D eigenvalue weighted by Gasteiger charge is 2.48. The number of aromatic hydroxyl groups is 1. The van der Waals surface area contributed by atoms with Crippen molar-refractivity contribution in [1.82, 2.24) is 0 Å². The number of phenolic OH excluding ortho intramolecular Hbond substituents is 1. The molecule has 0 radical (unpaired) electrons. The number of aliphatic carboxylic acids is 1. The van der Waals surface area contributed by atoms with Gasteiger partial charge in [-0.15, -0.1) is 0 Å². The maximum absolute atomic E-state index is 12.7. The molecule has 1 aliphatic rings. The van der Waals surface area contributed by atoms with Crippen LogP contribution in [-0.2, 0) is 9.53 Å². The van der Waals surface area contributed by atoms with Gasteiger partial charge in [0.15, 0.2) is 22.9 Å². The number of hydrogen-bond acceptors (Lipinski definition) is 10. The molecule has 5 N–H and O–H groups in total. The molecule has 11 heteroatoms. The minimum absolute atomic E-state index is 0.152. The molecule has 4 rings (SSSR count). The molecule has 2 heterocycles. The molecular weight excluding hydrogens is 440 g/mol. The summed E-state index contributed by atoms with van der Waals surface area (Å²) >= 11 is 0. The molecule has 0 spiro atoms. The lowest BCUT2D eigenvalue weighted by atomic mass is 9.99. The Morgan fingerprint density at radius 3 is 2.36 bits per heavy atom. The van der Waals surface area contributed by atoms with Crippen molar-refractivity contribution < 1.29 is 49.0 Å². The van der Waals surface area contributed by atoms with Crippen molar-refractivity contribution in [2.24, 2.45) is 0 Å². The second-order valence-electron chi connectivity index (χ2n) is 7.33. The maximum Gasteiger partial charge on any atom is 0.335 e. The standard InChI is InChI=1S/C22H20O11/c1-30-18-13(32-22-17(27)15(25)16(26)20(33-22)21(28)29)8-11(24)14-10(23)7-12(31-19(14)18)9-5-3-2-4-6-9/h2-8,15-17,20,22,24-27H,1H3,(H,28,29)/t15-,16-,17+,20-,22-/m0/s1. The average molecular weight is 460 g/mol. The van der Waals surface area contributed by atoms with Gasteiger partial charge < -0.3 is 44.2 Å². The van der Waals surface area contributed by atoms with Crippen LogP contribution in [0.4, 0.5) is 0 Å². The smallest absolute Gasteiger partial charge is 0.335 e. The predicted molar refractivity (Wildman–Crippen MR) is 111 cm³/mol. The van der Waals surface area contributed by atoms with E-state index >= 15 is 0 Å². The quantitative estimate of drug-likeness (QED) is 0.357. The van der Waals surface area contributed by atoms with Crippen LogP contribution in [0.25, 0.3) is 22.3 Å². The lowest BCUT2D eigenvalue weighted by Crippen LogP contribution is -2.61. The van der Waals surface area contributed by atoms with E-state index in [1.165, 1.54) is 13.2 Å². The van der Waals surface area contributed by atoms with Crippen molar-refractivity contribution in [2.45, 2.75) is 30.7 Å². The van der Waals surface area contributed by atoms with Crippen molar-refractivity contribution in [3.63, 3.8) is 0 Å². The van der Waals surface area contributed by atoms with Gasteiger partial charge in [0.2, 0.25) is 12.0 Å². The zero-order chi connectivity index (χ0) is 23.9. The molecule has 1 aliphatic heterocycles. The van der Waals surface area contributed by atoms with E-state index in [4.69, 9.17) is 18.6 Å².